The quantitative estimate of drug-likeness (QED) is 0.733. The van der Waals surface area contributed by atoms with E-state index < -0.39 is 5.97 Å². The Morgan fingerprint density at radius 3 is 2.67 bits per heavy atom. The molecule has 0 amide bonds. The summed E-state index contributed by atoms with van der Waals surface area (Å²) in [5.74, 6) is -0.206. The second kappa shape index (κ2) is 6.77. The molecular formula is C18H18ClO2. The molecule has 0 aromatic heterocycles. The Balaban J connectivity index is 2.47. The van der Waals surface area contributed by atoms with Gasteiger partial charge in [0.2, 0.25) is 0 Å². The summed E-state index contributed by atoms with van der Waals surface area (Å²) < 4.78 is 5.03. The van der Waals surface area contributed by atoms with Gasteiger partial charge in [-0.2, -0.15) is 0 Å². The first kappa shape index (κ1) is 15.6. The Morgan fingerprint density at radius 2 is 2.00 bits per heavy atom. The normalized spacial score (nSPS) is 10.7. The van der Waals surface area contributed by atoms with Crippen LogP contribution in [0.3, 0.4) is 0 Å². The minimum Gasteiger partial charge on any atom is -0.462 e. The molecule has 0 saturated heterocycles. The largest absolute Gasteiger partial charge is 0.462 e. The molecule has 0 N–H and O–H groups in total. The van der Waals surface area contributed by atoms with Gasteiger partial charge in [0.1, 0.15) is 0 Å². The van der Waals surface area contributed by atoms with E-state index in [9.17, 15) is 4.79 Å². The molecule has 0 aliphatic heterocycles. The van der Waals surface area contributed by atoms with Gasteiger partial charge in [0.15, 0.2) is 0 Å². The lowest BCUT2D eigenvalue weighted by molar-refractivity contribution is 0.0526. The molecule has 1 atom stereocenters. The van der Waals surface area contributed by atoms with Gasteiger partial charge in [-0.1, -0.05) is 54.9 Å². The Kier molecular flexibility index (Phi) is 5.03. The standard InChI is InChI=1S/C18H18ClO2/c1-4-21-18(20)16-10-6-9-15(17(16)19)14-8-5-7-13(11-14)12(2)3/h5-12H,2,4H2,1,3H3. The van der Waals surface area contributed by atoms with E-state index in [-0.39, 0.29) is 5.92 Å². The fourth-order valence-corrected chi connectivity index (χ4v) is 2.45. The van der Waals surface area contributed by atoms with Gasteiger partial charge < -0.3 is 4.74 Å². The number of carbonyl (C=O) groups is 1. The highest BCUT2D eigenvalue weighted by Crippen LogP contribution is 2.32. The van der Waals surface area contributed by atoms with Gasteiger partial charge in [0.25, 0.3) is 0 Å². The van der Waals surface area contributed by atoms with Crippen LogP contribution in [0.2, 0.25) is 5.02 Å². The molecule has 0 aliphatic rings. The lowest BCUT2D eigenvalue weighted by atomic mass is 9.96. The Morgan fingerprint density at radius 1 is 1.29 bits per heavy atom. The summed E-state index contributed by atoms with van der Waals surface area (Å²) in [6, 6.07) is 13.4. The maximum atomic E-state index is 11.9. The fourth-order valence-electron chi connectivity index (χ4n) is 2.13. The summed E-state index contributed by atoms with van der Waals surface area (Å²) in [4.78, 5) is 11.9. The van der Waals surface area contributed by atoms with E-state index in [1.807, 2.05) is 43.3 Å². The fraction of sp³-hybridized carbons (Fsp3) is 0.222. The molecule has 3 heteroatoms. The summed E-state index contributed by atoms with van der Waals surface area (Å²) in [7, 11) is 0. The number of ether oxygens (including phenoxy) is 1. The van der Waals surface area contributed by atoms with Crippen LogP contribution in [0, 0.1) is 6.92 Å². The highest BCUT2D eigenvalue weighted by atomic mass is 35.5. The number of hydrogen-bond acceptors (Lipinski definition) is 2. The summed E-state index contributed by atoms with van der Waals surface area (Å²) in [5.41, 5.74) is 3.32. The minimum atomic E-state index is -0.397. The van der Waals surface area contributed by atoms with Crippen LogP contribution >= 0.6 is 11.6 Å². The van der Waals surface area contributed by atoms with Crippen molar-refractivity contribution in [2.24, 2.45) is 0 Å². The molecule has 0 aliphatic carbocycles. The number of halogens is 1. The number of carbonyl (C=O) groups excluding carboxylic acids is 1. The molecule has 2 rings (SSSR count). The average Bonchev–Trinajstić information content (AvgIpc) is 2.47. The Hall–Kier alpha value is -1.80. The smallest absolute Gasteiger partial charge is 0.339 e. The van der Waals surface area contributed by atoms with Crippen LogP contribution in [0.5, 0.6) is 0 Å². The predicted molar refractivity (Wildman–Crippen MR) is 86.6 cm³/mol. The molecule has 0 spiro atoms. The zero-order chi connectivity index (χ0) is 15.4. The third kappa shape index (κ3) is 3.45. The van der Waals surface area contributed by atoms with Crippen molar-refractivity contribution in [2.75, 3.05) is 6.61 Å². The van der Waals surface area contributed by atoms with Gasteiger partial charge in [-0.05, 0) is 37.0 Å². The van der Waals surface area contributed by atoms with Gasteiger partial charge in [-0.25, -0.2) is 4.79 Å². The van der Waals surface area contributed by atoms with E-state index in [0.717, 1.165) is 16.7 Å². The van der Waals surface area contributed by atoms with Crippen LogP contribution in [-0.4, -0.2) is 12.6 Å². The predicted octanol–water partition coefficient (Wildman–Crippen LogP) is 5.12. The van der Waals surface area contributed by atoms with E-state index in [2.05, 4.69) is 6.92 Å². The zero-order valence-corrected chi connectivity index (χ0v) is 13.0. The van der Waals surface area contributed by atoms with Gasteiger partial charge in [-0.3, -0.25) is 0 Å². The van der Waals surface area contributed by atoms with Gasteiger partial charge in [-0.15, -0.1) is 0 Å². The van der Waals surface area contributed by atoms with Crippen molar-refractivity contribution in [1.82, 2.24) is 0 Å². The van der Waals surface area contributed by atoms with Gasteiger partial charge >= 0.3 is 5.97 Å². The first-order valence-electron chi connectivity index (χ1n) is 6.93. The van der Waals surface area contributed by atoms with Gasteiger partial charge in [0.05, 0.1) is 17.2 Å². The van der Waals surface area contributed by atoms with Crippen LogP contribution < -0.4 is 0 Å². The first-order valence-corrected chi connectivity index (χ1v) is 7.31. The van der Waals surface area contributed by atoms with Crippen molar-refractivity contribution in [3.8, 4) is 11.1 Å². The third-order valence-corrected chi connectivity index (χ3v) is 3.67. The third-order valence-electron chi connectivity index (χ3n) is 3.26. The molecule has 0 saturated carbocycles. The summed E-state index contributed by atoms with van der Waals surface area (Å²) in [6.07, 6.45) is 0. The minimum absolute atomic E-state index is 0.192. The molecule has 2 aromatic rings. The average molecular weight is 302 g/mol. The van der Waals surface area contributed by atoms with Crippen molar-refractivity contribution < 1.29 is 9.53 Å². The van der Waals surface area contributed by atoms with Crippen LogP contribution in [0.4, 0.5) is 0 Å². The highest BCUT2D eigenvalue weighted by molar-refractivity contribution is 6.36. The molecule has 0 bridgehead atoms. The highest BCUT2D eigenvalue weighted by Gasteiger charge is 2.15. The molecule has 1 unspecified atom stereocenters. The summed E-state index contributed by atoms with van der Waals surface area (Å²) >= 11 is 6.39. The van der Waals surface area contributed by atoms with Crippen molar-refractivity contribution in [2.45, 2.75) is 19.8 Å². The first-order chi connectivity index (χ1) is 10.0. The number of rotatable bonds is 4. The monoisotopic (exact) mass is 301 g/mol. The molecule has 2 nitrogen and oxygen atoms in total. The molecule has 1 radical (unpaired) electrons. The Bertz CT molecular complexity index is 647. The molecule has 0 fully saturated rings. The van der Waals surface area contributed by atoms with Crippen molar-refractivity contribution in [3.63, 3.8) is 0 Å². The van der Waals surface area contributed by atoms with E-state index in [0.29, 0.717) is 17.2 Å². The van der Waals surface area contributed by atoms with Crippen LogP contribution in [-0.2, 0) is 4.74 Å². The van der Waals surface area contributed by atoms with E-state index >= 15 is 0 Å². The molecule has 0 heterocycles. The van der Waals surface area contributed by atoms with Crippen LogP contribution in [0.25, 0.3) is 11.1 Å². The van der Waals surface area contributed by atoms with E-state index in [1.165, 1.54) is 0 Å². The summed E-state index contributed by atoms with van der Waals surface area (Å²) in [6.45, 7) is 8.17. The maximum Gasteiger partial charge on any atom is 0.339 e. The summed E-state index contributed by atoms with van der Waals surface area (Å²) in [5, 5.41) is 0.421. The lowest BCUT2D eigenvalue weighted by Gasteiger charge is -2.11. The van der Waals surface area contributed by atoms with Crippen LogP contribution in [0.1, 0.15) is 35.7 Å². The number of hydrogen-bond donors (Lipinski definition) is 0. The van der Waals surface area contributed by atoms with E-state index in [1.54, 1.807) is 13.0 Å². The van der Waals surface area contributed by atoms with Crippen molar-refractivity contribution in [1.29, 1.82) is 0 Å². The number of benzene rings is 2. The lowest BCUT2D eigenvalue weighted by Crippen LogP contribution is -2.05. The molecule has 21 heavy (non-hydrogen) atoms. The Labute approximate surface area is 130 Å². The molecule has 2 aromatic carbocycles. The van der Waals surface area contributed by atoms with Crippen molar-refractivity contribution >= 4 is 17.6 Å². The van der Waals surface area contributed by atoms with Crippen LogP contribution in [0.15, 0.2) is 42.5 Å². The second-order valence-corrected chi connectivity index (χ2v) is 5.29. The SMILES string of the molecule is [CH2]C(C)c1cccc(-c2cccc(C(=O)OCC)c2Cl)c1. The molecule has 109 valence electrons. The molecular weight excluding hydrogens is 284 g/mol. The second-order valence-electron chi connectivity index (χ2n) is 4.91. The van der Waals surface area contributed by atoms with Crippen molar-refractivity contribution in [3.05, 3.63) is 65.5 Å². The van der Waals surface area contributed by atoms with Gasteiger partial charge in [0, 0.05) is 5.56 Å². The maximum absolute atomic E-state index is 11.9. The number of esters is 1. The van der Waals surface area contributed by atoms with E-state index in [4.69, 9.17) is 16.3 Å². The zero-order valence-electron chi connectivity index (χ0n) is 12.2. The topological polar surface area (TPSA) is 26.3 Å².